The lowest BCUT2D eigenvalue weighted by molar-refractivity contribution is 0.171. The number of pyridine rings is 2. The molecule has 4 rings (SSSR count). The third-order valence-electron chi connectivity index (χ3n) is 5.78. The molecule has 0 saturated carbocycles. The van der Waals surface area contributed by atoms with Crippen molar-refractivity contribution >= 4 is 22.3 Å². The number of nitrogens with two attached hydrogens (primary N) is 1. The molecule has 7 heteroatoms. The summed E-state index contributed by atoms with van der Waals surface area (Å²) in [5.74, 6) is -0.289. The lowest BCUT2D eigenvalue weighted by Gasteiger charge is -2.36. The lowest BCUT2D eigenvalue weighted by Crippen LogP contribution is -2.38. The topological polar surface area (TPSA) is 82.2 Å². The predicted molar refractivity (Wildman–Crippen MR) is 118 cm³/mol. The summed E-state index contributed by atoms with van der Waals surface area (Å²) in [7, 11) is 0. The first-order chi connectivity index (χ1) is 14.2. The summed E-state index contributed by atoms with van der Waals surface area (Å²) >= 11 is 0. The van der Waals surface area contributed by atoms with E-state index in [4.69, 9.17) is 10.5 Å². The highest BCUT2D eigenvalue weighted by Gasteiger charge is 2.34. The van der Waals surface area contributed by atoms with Gasteiger partial charge in [-0.05, 0) is 52.2 Å². The molecule has 0 spiro atoms. The molecule has 6 nitrogen and oxygen atoms in total. The Labute approximate surface area is 174 Å². The predicted octanol–water partition coefficient (Wildman–Crippen LogP) is 3.91. The Hall–Kier alpha value is -3.09. The van der Waals surface area contributed by atoms with E-state index in [1.807, 2.05) is 43.7 Å². The Morgan fingerprint density at radius 1 is 1.33 bits per heavy atom. The van der Waals surface area contributed by atoms with Crippen LogP contribution in [0.3, 0.4) is 0 Å². The van der Waals surface area contributed by atoms with Gasteiger partial charge >= 0.3 is 0 Å². The number of halogens is 1. The first-order valence-corrected chi connectivity index (χ1v) is 10.2. The fourth-order valence-corrected chi connectivity index (χ4v) is 4.02. The number of anilines is 2. The van der Waals surface area contributed by atoms with E-state index in [1.165, 1.54) is 0 Å². The number of aryl methyl sites for hydroxylation is 3. The van der Waals surface area contributed by atoms with Gasteiger partial charge in [0.25, 0.3) is 0 Å². The van der Waals surface area contributed by atoms with Gasteiger partial charge in [0.1, 0.15) is 12.3 Å². The number of hydrogen-bond donors (Lipinski definition) is 2. The molecule has 0 atom stereocenters. The van der Waals surface area contributed by atoms with E-state index in [-0.39, 0.29) is 27.7 Å². The average Bonchev–Trinajstić information content (AvgIpc) is 2.70. The Morgan fingerprint density at radius 2 is 2.10 bits per heavy atom. The molecule has 1 aliphatic heterocycles. The zero-order chi connectivity index (χ0) is 21.6. The van der Waals surface area contributed by atoms with Crippen LogP contribution in [0.4, 0.5) is 15.8 Å². The van der Waals surface area contributed by atoms with Crippen molar-refractivity contribution in [1.29, 1.82) is 0 Å². The summed E-state index contributed by atoms with van der Waals surface area (Å²) in [4.78, 5) is 17.2. The molecule has 3 aromatic rings. The molecular weight excluding hydrogens is 383 g/mol. The minimum absolute atomic E-state index is 0.138. The molecule has 1 aromatic carbocycles. The molecule has 0 fully saturated rings. The van der Waals surface area contributed by atoms with Gasteiger partial charge in [0.15, 0.2) is 17.0 Å². The van der Waals surface area contributed by atoms with Crippen molar-refractivity contribution in [3.63, 3.8) is 0 Å². The fourth-order valence-electron chi connectivity index (χ4n) is 4.02. The van der Waals surface area contributed by atoms with Crippen molar-refractivity contribution in [2.45, 2.75) is 46.1 Å². The van der Waals surface area contributed by atoms with Gasteiger partial charge in [0.05, 0.1) is 22.1 Å². The van der Waals surface area contributed by atoms with Crippen molar-refractivity contribution in [1.82, 2.24) is 9.55 Å². The molecule has 0 radical (unpaired) electrons. The van der Waals surface area contributed by atoms with Crippen LogP contribution in [0.2, 0.25) is 0 Å². The molecule has 1 aliphatic rings. The number of nitrogen functional groups attached to an aromatic ring is 1. The van der Waals surface area contributed by atoms with Crippen LogP contribution >= 0.6 is 0 Å². The van der Waals surface area contributed by atoms with Gasteiger partial charge < -0.3 is 20.4 Å². The highest BCUT2D eigenvalue weighted by molar-refractivity contribution is 6.00. The smallest absolute Gasteiger partial charge is 0.194 e. The average molecular weight is 410 g/mol. The van der Waals surface area contributed by atoms with Gasteiger partial charge in [-0.25, -0.2) is 4.39 Å². The highest BCUT2D eigenvalue weighted by Crippen LogP contribution is 2.44. The van der Waals surface area contributed by atoms with E-state index in [0.717, 1.165) is 24.1 Å². The van der Waals surface area contributed by atoms with E-state index < -0.39 is 5.82 Å². The minimum atomic E-state index is -0.638. The second-order valence-corrected chi connectivity index (χ2v) is 8.57. The number of nitrogens with one attached hydrogen (secondary N) is 1. The van der Waals surface area contributed by atoms with E-state index in [1.54, 1.807) is 13.1 Å². The van der Waals surface area contributed by atoms with Crippen LogP contribution in [0.1, 0.15) is 37.1 Å². The van der Waals surface area contributed by atoms with E-state index in [2.05, 4.69) is 10.3 Å². The van der Waals surface area contributed by atoms with E-state index in [0.29, 0.717) is 30.0 Å². The van der Waals surface area contributed by atoms with Gasteiger partial charge in [-0.2, -0.15) is 0 Å². The first kappa shape index (κ1) is 20.2. The number of rotatable bonds is 5. The minimum Gasteiger partial charge on any atom is -0.487 e. The van der Waals surface area contributed by atoms with Crippen molar-refractivity contribution < 1.29 is 9.13 Å². The van der Waals surface area contributed by atoms with Crippen molar-refractivity contribution in [2.75, 3.05) is 24.2 Å². The van der Waals surface area contributed by atoms with Crippen LogP contribution in [-0.2, 0) is 12.0 Å². The quantitative estimate of drug-likeness (QED) is 0.492. The summed E-state index contributed by atoms with van der Waals surface area (Å²) in [5.41, 5.74) is 8.78. The van der Waals surface area contributed by atoms with Crippen LogP contribution in [-0.4, -0.2) is 22.7 Å². The molecule has 3 N–H and O–H groups in total. The van der Waals surface area contributed by atoms with E-state index in [9.17, 15) is 4.79 Å². The molecule has 2 aromatic heterocycles. The number of ether oxygens (including phenoxy) is 1. The molecule has 3 heterocycles. The van der Waals surface area contributed by atoms with Crippen LogP contribution in [0.15, 0.2) is 29.3 Å². The first-order valence-electron chi connectivity index (χ1n) is 10.2. The summed E-state index contributed by atoms with van der Waals surface area (Å²) in [6.45, 7) is 8.67. The van der Waals surface area contributed by atoms with Crippen molar-refractivity contribution in [3.05, 3.63) is 57.4 Å². The number of aromatic nitrogens is 2. The summed E-state index contributed by atoms with van der Waals surface area (Å²) in [5, 5.41) is 3.34. The van der Waals surface area contributed by atoms with Crippen molar-refractivity contribution in [3.8, 4) is 5.75 Å². The molecule has 0 saturated heterocycles. The number of benzene rings is 1. The SMILES string of the molecule is Cc1cccnc1CCCNc1c(F)c(N)c2c(=O)c(C)cn3c2c1OCC3(C)C. The zero-order valence-electron chi connectivity index (χ0n) is 17.8. The third kappa shape index (κ3) is 3.18. The largest absolute Gasteiger partial charge is 0.487 e. The van der Waals surface area contributed by atoms with Crippen LogP contribution in [0.5, 0.6) is 5.75 Å². The zero-order valence-corrected chi connectivity index (χ0v) is 17.8. The third-order valence-corrected chi connectivity index (χ3v) is 5.78. The maximum Gasteiger partial charge on any atom is 0.194 e. The number of nitrogens with zero attached hydrogens (tertiary/aromatic N) is 2. The second-order valence-electron chi connectivity index (χ2n) is 8.57. The second kappa shape index (κ2) is 7.31. The maximum absolute atomic E-state index is 15.2. The van der Waals surface area contributed by atoms with Crippen LogP contribution in [0, 0.1) is 19.7 Å². The molecule has 0 amide bonds. The molecule has 158 valence electrons. The summed E-state index contributed by atoms with van der Waals surface area (Å²) in [6, 6.07) is 3.94. The van der Waals surface area contributed by atoms with E-state index >= 15 is 4.39 Å². The normalized spacial score (nSPS) is 14.6. The molecule has 30 heavy (non-hydrogen) atoms. The lowest BCUT2D eigenvalue weighted by atomic mass is 9.99. The molecule has 0 aliphatic carbocycles. The standard InChI is InChI=1S/C23H27FN4O2/c1-13-7-5-9-26-15(13)8-6-10-27-19-17(24)18(25)16-20-22(19)30-12-23(3,4)28(20)11-14(2)21(16)29/h5,7,9,11,27H,6,8,10,12,25H2,1-4H3. The van der Waals surface area contributed by atoms with Crippen LogP contribution < -0.4 is 21.2 Å². The number of hydrogen-bond acceptors (Lipinski definition) is 5. The Balaban J connectivity index is 1.72. The van der Waals surface area contributed by atoms with Gasteiger partial charge in [-0.15, -0.1) is 0 Å². The molecule has 0 bridgehead atoms. The maximum atomic E-state index is 15.2. The van der Waals surface area contributed by atoms with Gasteiger partial charge in [0.2, 0.25) is 0 Å². The molecule has 0 unspecified atom stereocenters. The summed E-state index contributed by atoms with van der Waals surface area (Å²) < 4.78 is 23.2. The molecular formula is C23H27FN4O2. The Morgan fingerprint density at radius 3 is 2.83 bits per heavy atom. The Bertz CT molecular complexity index is 1200. The van der Waals surface area contributed by atoms with Gasteiger partial charge in [0, 0.05) is 30.2 Å². The van der Waals surface area contributed by atoms with Gasteiger partial charge in [-0.1, -0.05) is 6.07 Å². The van der Waals surface area contributed by atoms with Crippen molar-refractivity contribution in [2.24, 2.45) is 0 Å². The summed E-state index contributed by atoms with van der Waals surface area (Å²) in [6.07, 6.45) is 5.13. The van der Waals surface area contributed by atoms with Gasteiger partial charge in [-0.3, -0.25) is 9.78 Å². The Kier molecular flexibility index (Phi) is 4.92. The monoisotopic (exact) mass is 410 g/mol. The fraction of sp³-hybridized carbons (Fsp3) is 0.391. The van der Waals surface area contributed by atoms with Crippen LogP contribution in [0.25, 0.3) is 10.9 Å². The highest BCUT2D eigenvalue weighted by atomic mass is 19.1.